The zero-order valence-electron chi connectivity index (χ0n) is 17.0. The fourth-order valence-corrected chi connectivity index (χ4v) is 4.38. The number of hydrogen-bond donors (Lipinski definition) is 1. The van der Waals surface area contributed by atoms with E-state index in [9.17, 15) is 9.59 Å². The van der Waals surface area contributed by atoms with Crippen LogP contribution in [0.1, 0.15) is 31.4 Å². The van der Waals surface area contributed by atoms with Gasteiger partial charge in [0.15, 0.2) is 5.16 Å². The number of hydrogen-bond acceptors (Lipinski definition) is 4. The second-order valence-corrected chi connectivity index (χ2v) is 9.30. The minimum absolute atomic E-state index is 0.0809. The van der Waals surface area contributed by atoms with Crippen LogP contribution in [0.25, 0.3) is 10.9 Å². The summed E-state index contributed by atoms with van der Waals surface area (Å²) in [6, 6.07) is 11.4. The van der Waals surface area contributed by atoms with Crippen LogP contribution < -0.4 is 10.9 Å². The molecule has 0 bridgehead atoms. The second-order valence-electron chi connectivity index (χ2n) is 7.08. The van der Waals surface area contributed by atoms with Crippen molar-refractivity contribution in [1.82, 2.24) is 9.55 Å². The molecule has 0 radical (unpaired) electrons. The SMILES string of the molecule is CCCn1c(SC(C)C(=O)Nc2ccc(C)cc2C)nc2ccc(Br)cc2c1=O. The highest BCUT2D eigenvalue weighted by molar-refractivity contribution is 9.10. The summed E-state index contributed by atoms with van der Waals surface area (Å²) >= 11 is 4.72. The smallest absolute Gasteiger partial charge is 0.262 e. The van der Waals surface area contributed by atoms with E-state index in [1.807, 2.05) is 58.0 Å². The molecule has 1 unspecified atom stereocenters. The Balaban J connectivity index is 1.89. The minimum Gasteiger partial charge on any atom is -0.325 e. The van der Waals surface area contributed by atoms with Gasteiger partial charge in [-0.05, 0) is 57.0 Å². The maximum Gasteiger partial charge on any atom is 0.262 e. The van der Waals surface area contributed by atoms with Gasteiger partial charge in [0.25, 0.3) is 5.56 Å². The lowest BCUT2D eigenvalue weighted by Crippen LogP contribution is -2.27. The summed E-state index contributed by atoms with van der Waals surface area (Å²) in [6.07, 6.45) is 0.803. The van der Waals surface area contributed by atoms with Crippen molar-refractivity contribution in [3.63, 3.8) is 0 Å². The Kier molecular flexibility index (Phi) is 6.80. The van der Waals surface area contributed by atoms with Gasteiger partial charge >= 0.3 is 0 Å². The predicted molar refractivity (Wildman–Crippen MR) is 124 cm³/mol. The molecule has 0 spiro atoms. The zero-order valence-corrected chi connectivity index (χ0v) is 19.4. The Morgan fingerprint density at radius 1 is 1.24 bits per heavy atom. The molecule has 3 aromatic rings. The molecule has 1 N–H and O–H groups in total. The normalized spacial score (nSPS) is 12.2. The molecule has 3 rings (SSSR count). The Labute approximate surface area is 183 Å². The van der Waals surface area contributed by atoms with E-state index in [-0.39, 0.29) is 11.5 Å². The number of amides is 1. The average Bonchev–Trinajstić information content (AvgIpc) is 2.67. The van der Waals surface area contributed by atoms with Gasteiger partial charge < -0.3 is 5.32 Å². The van der Waals surface area contributed by atoms with E-state index in [0.717, 1.165) is 27.7 Å². The molecule has 0 fully saturated rings. The van der Waals surface area contributed by atoms with Gasteiger partial charge in [0, 0.05) is 16.7 Å². The quantitative estimate of drug-likeness (QED) is 0.389. The first-order valence-corrected chi connectivity index (χ1v) is 11.2. The van der Waals surface area contributed by atoms with Crippen molar-refractivity contribution in [3.8, 4) is 0 Å². The predicted octanol–water partition coefficient (Wildman–Crippen LogP) is 5.31. The van der Waals surface area contributed by atoms with Crippen LogP contribution in [0.3, 0.4) is 0 Å². The number of carbonyl (C=O) groups excluding carboxylic acids is 1. The van der Waals surface area contributed by atoms with Gasteiger partial charge in [0.05, 0.1) is 16.2 Å². The Bertz CT molecular complexity index is 1130. The zero-order chi connectivity index (χ0) is 21.1. The van der Waals surface area contributed by atoms with E-state index < -0.39 is 5.25 Å². The molecule has 0 aliphatic rings. The largest absolute Gasteiger partial charge is 0.325 e. The second kappa shape index (κ2) is 9.13. The molecule has 7 heteroatoms. The molecule has 1 amide bonds. The highest BCUT2D eigenvalue weighted by Gasteiger charge is 2.20. The first-order valence-electron chi connectivity index (χ1n) is 9.55. The van der Waals surface area contributed by atoms with E-state index in [1.165, 1.54) is 11.8 Å². The van der Waals surface area contributed by atoms with E-state index in [0.29, 0.717) is 22.6 Å². The molecule has 1 atom stereocenters. The molecule has 0 aliphatic heterocycles. The van der Waals surface area contributed by atoms with Crippen LogP contribution in [0.5, 0.6) is 0 Å². The number of aromatic nitrogens is 2. The van der Waals surface area contributed by atoms with Crippen LogP contribution in [0.2, 0.25) is 0 Å². The summed E-state index contributed by atoms with van der Waals surface area (Å²) in [5, 5.41) is 3.72. The number of nitrogens with zero attached hydrogens (tertiary/aromatic N) is 2. The van der Waals surface area contributed by atoms with E-state index in [4.69, 9.17) is 0 Å². The summed E-state index contributed by atoms with van der Waals surface area (Å²) in [4.78, 5) is 30.4. The van der Waals surface area contributed by atoms with Gasteiger partial charge in [-0.25, -0.2) is 4.98 Å². The summed E-state index contributed by atoms with van der Waals surface area (Å²) in [5.41, 5.74) is 3.53. The van der Waals surface area contributed by atoms with Crippen LogP contribution in [-0.2, 0) is 11.3 Å². The van der Waals surface area contributed by atoms with Crippen molar-refractivity contribution in [3.05, 3.63) is 62.4 Å². The van der Waals surface area contributed by atoms with Gasteiger partial charge in [-0.2, -0.15) is 0 Å². The first kappa shape index (κ1) is 21.6. The van der Waals surface area contributed by atoms with E-state index in [2.05, 4.69) is 26.2 Å². The third-order valence-corrected chi connectivity index (χ3v) is 6.20. The Morgan fingerprint density at radius 3 is 2.69 bits per heavy atom. The Hall–Kier alpha value is -2.12. The number of anilines is 1. The summed E-state index contributed by atoms with van der Waals surface area (Å²) in [7, 11) is 0. The summed E-state index contributed by atoms with van der Waals surface area (Å²) in [6.45, 7) is 8.40. The van der Waals surface area contributed by atoms with Crippen molar-refractivity contribution in [1.29, 1.82) is 0 Å². The number of nitrogens with one attached hydrogen (secondary N) is 1. The number of rotatable bonds is 6. The molecule has 2 aromatic carbocycles. The van der Waals surface area contributed by atoms with Gasteiger partial charge in [-0.1, -0.05) is 52.3 Å². The average molecular weight is 474 g/mol. The highest BCUT2D eigenvalue weighted by atomic mass is 79.9. The van der Waals surface area contributed by atoms with Gasteiger partial charge in [-0.3, -0.25) is 14.2 Å². The topological polar surface area (TPSA) is 64.0 Å². The molecule has 5 nitrogen and oxygen atoms in total. The maximum absolute atomic E-state index is 13.0. The standard InChI is InChI=1S/C22H24BrN3O2S/c1-5-10-26-21(28)17-12-16(23)7-9-19(17)25-22(26)29-15(4)20(27)24-18-8-6-13(2)11-14(18)3/h6-9,11-12,15H,5,10H2,1-4H3,(H,24,27). The lowest BCUT2D eigenvalue weighted by molar-refractivity contribution is -0.115. The van der Waals surface area contributed by atoms with Crippen LogP contribution in [-0.4, -0.2) is 20.7 Å². The van der Waals surface area contributed by atoms with Crippen molar-refractivity contribution in [2.75, 3.05) is 5.32 Å². The molecular weight excluding hydrogens is 450 g/mol. The van der Waals surface area contributed by atoms with Crippen molar-refractivity contribution < 1.29 is 4.79 Å². The van der Waals surface area contributed by atoms with E-state index in [1.54, 1.807) is 10.6 Å². The number of halogens is 1. The van der Waals surface area contributed by atoms with Gasteiger partial charge in [-0.15, -0.1) is 0 Å². The Morgan fingerprint density at radius 2 is 2.00 bits per heavy atom. The number of thioether (sulfide) groups is 1. The number of carbonyl (C=O) groups is 1. The molecule has 152 valence electrons. The van der Waals surface area contributed by atoms with Crippen LogP contribution >= 0.6 is 27.7 Å². The molecule has 0 aliphatic carbocycles. The molecular formula is C22H24BrN3O2S. The van der Waals surface area contributed by atoms with Crippen LogP contribution in [0, 0.1) is 13.8 Å². The lowest BCUT2D eigenvalue weighted by Gasteiger charge is -2.17. The van der Waals surface area contributed by atoms with Crippen LogP contribution in [0.4, 0.5) is 5.69 Å². The molecule has 0 saturated heterocycles. The number of benzene rings is 2. The highest BCUT2D eigenvalue weighted by Crippen LogP contribution is 2.25. The van der Waals surface area contributed by atoms with Crippen molar-refractivity contribution in [2.45, 2.75) is 51.1 Å². The number of aryl methyl sites for hydroxylation is 2. The fraction of sp³-hybridized carbons (Fsp3) is 0.318. The first-order chi connectivity index (χ1) is 13.8. The summed E-state index contributed by atoms with van der Waals surface area (Å²) in [5.74, 6) is -0.116. The minimum atomic E-state index is -0.404. The lowest BCUT2D eigenvalue weighted by atomic mass is 10.1. The van der Waals surface area contributed by atoms with Crippen LogP contribution in [0.15, 0.2) is 50.8 Å². The molecule has 1 heterocycles. The monoisotopic (exact) mass is 473 g/mol. The third-order valence-electron chi connectivity index (χ3n) is 4.62. The molecule has 29 heavy (non-hydrogen) atoms. The fourth-order valence-electron chi connectivity index (χ4n) is 3.08. The third kappa shape index (κ3) is 4.90. The molecule has 1 aromatic heterocycles. The van der Waals surface area contributed by atoms with Crippen molar-refractivity contribution >= 4 is 50.2 Å². The summed E-state index contributed by atoms with van der Waals surface area (Å²) < 4.78 is 2.51. The number of fused-ring (bicyclic) bond motifs is 1. The van der Waals surface area contributed by atoms with Crippen molar-refractivity contribution in [2.24, 2.45) is 0 Å². The van der Waals surface area contributed by atoms with Gasteiger partial charge in [0.1, 0.15) is 0 Å². The van der Waals surface area contributed by atoms with Gasteiger partial charge in [0.2, 0.25) is 5.91 Å². The maximum atomic E-state index is 13.0. The van der Waals surface area contributed by atoms with E-state index >= 15 is 0 Å². The molecule has 0 saturated carbocycles.